The second-order valence-electron chi connectivity index (χ2n) is 5.68. The predicted octanol–water partition coefficient (Wildman–Crippen LogP) is 2.76. The van der Waals surface area contributed by atoms with E-state index in [-0.39, 0.29) is 5.91 Å². The van der Waals surface area contributed by atoms with Gasteiger partial charge in [0.25, 0.3) is 0 Å². The number of anilines is 1. The molecule has 2 aromatic heterocycles. The number of amides is 1. The van der Waals surface area contributed by atoms with E-state index in [9.17, 15) is 4.79 Å². The SMILES string of the molecule is Cc1nn(C)c(Oc2cccnc2)c1NC(=O)CCCCCCN. The molecule has 0 unspecified atom stereocenters. The van der Waals surface area contributed by atoms with Gasteiger partial charge in [0.05, 0.1) is 11.9 Å². The molecule has 0 radical (unpaired) electrons. The Morgan fingerprint density at radius 3 is 2.83 bits per heavy atom. The van der Waals surface area contributed by atoms with Gasteiger partial charge in [-0.3, -0.25) is 9.78 Å². The van der Waals surface area contributed by atoms with Gasteiger partial charge in [0.1, 0.15) is 11.4 Å². The summed E-state index contributed by atoms with van der Waals surface area (Å²) in [7, 11) is 1.78. The van der Waals surface area contributed by atoms with Crippen molar-refractivity contribution in [2.45, 2.75) is 39.0 Å². The van der Waals surface area contributed by atoms with E-state index in [0.717, 1.165) is 25.7 Å². The Hall–Kier alpha value is -2.41. The van der Waals surface area contributed by atoms with E-state index < -0.39 is 0 Å². The Morgan fingerprint density at radius 2 is 2.12 bits per heavy atom. The molecule has 0 aliphatic rings. The van der Waals surface area contributed by atoms with Crippen LogP contribution in [0.4, 0.5) is 5.69 Å². The van der Waals surface area contributed by atoms with Gasteiger partial charge >= 0.3 is 0 Å². The summed E-state index contributed by atoms with van der Waals surface area (Å²) in [5.41, 5.74) is 6.79. The minimum Gasteiger partial charge on any atom is -0.436 e. The van der Waals surface area contributed by atoms with Crippen molar-refractivity contribution in [2.24, 2.45) is 12.8 Å². The number of rotatable bonds is 9. The van der Waals surface area contributed by atoms with Crippen LogP contribution in [-0.2, 0) is 11.8 Å². The summed E-state index contributed by atoms with van der Waals surface area (Å²) in [6, 6.07) is 3.59. The number of nitrogens with one attached hydrogen (secondary N) is 1. The van der Waals surface area contributed by atoms with Gasteiger partial charge < -0.3 is 15.8 Å². The molecule has 2 heterocycles. The Bertz CT molecular complexity index is 655. The summed E-state index contributed by atoms with van der Waals surface area (Å²) < 4.78 is 7.44. The van der Waals surface area contributed by atoms with Crippen LogP contribution >= 0.6 is 0 Å². The van der Waals surface area contributed by atoms with Crippen LogP contribution in [0.5, 0.6) is 11.6 Å². The number of nitrogens with zero attached hydrogens (tertiary/aromatic N) is 3. The van der Waals surface area contributed by atoms with E-state index in [1.54, 1.807) is 36.3 Å². The molecule has 3 N–H and O–H groups in total. The molecule has 0 fully saturated rings. The maximum absolute atomic E-state index is 12.2. The molecule has 0 aliphatic heterocycles. The Kier molecular flexibility index (Phi) is 6.74. The summed E-state index contributed by atoms with van der Waals surface area (Å²) >= 11 is 0. The highest BCUT2D eigenvalue weighted by molar-refractivity contribution is 5.92. The Morgan fingerprint density at radius 1 is 1.33 bits per heavy atom. The average molecular weight is 331 g/mol. The minimum absolute atomic E-state index is 0.0325. The van der Waals surface area contributed by atoms with Crippen LogP contribution < -0.4 is 15.8 Å². The number of hydrogen-bond donors (Lipinski definition) is 2. The van der Waals surface area contributed by atoms with Crippen molar-refractivity contribution in [3.63, 3.8) is 0 Å². The smallest absolute Gasteiger partial charge is 0.241 e. The molecule has 0 aliphatic carbocycles. The summed E-state index contributed by atoms with van der Waals surface area (Å²) in [4.78, 5) is 16.2. The fraction of sp³-hybridized carbons (Fsp3) is 0.471. The van der Waals surface area contributed by atoms with Crippen molar-refractivity contribution in [3.8, 4) is 11.6 Å². The summed E-state index contributed by atoms with van der Waals surface area (Å²) in [5.74, 6) is 1.06. The van der Waals surface area contributed by atoms with E-state index in [1.807, 2.05) is 6.92 Å². The second-order valence-corrected chi connectivity index (χ2v) is 5.68. The highest BCUT2D eigenvalue weighted by Gasteiger charge is 2.17. The van der Waals surface area contributed by atoms with Gasteiger partial charge in [-0.2, -0.15) is 5.10 Å². The summed E-state index contributed by atoms with van der Waals surface area (Å²) in [5, 5.41) is 7.24. The number of aromatic nitrogens is 3. The molecule has 2 aromatic rings. The van der Waals surface area contributed by atoms with E-state index in [0.29, 0.717) is 36.0 Å². The van der Waals surface area contributed by atoms with Crippen LogP contribution in [-0.4, -0.2) is 27.2 Å². The molecule has 0 spiro atoms. The van der Waals surface area contributed by atoms with E-state index in [4.69, 9.17) is 10.5 Å². The number of nitrogens with two attached hydrogens (primary N) is 1. The monoisotopic (exact) mass is 331 g/mol. The van der Waals surface area contributed by atoms with Crippen LogP contribution in [0.15, 0.2) is 24.5 Å². The summed E-state index contributed by atoms with van der Waals surface area (Å²) in [6.45, 7) is 2.54. The molecule has 0 saturated heterocycles. The second kappa shape index (κ2) is 9.02. The Labute approximate surface area is 142 Å². The number of ether oxygens (including phenoxy) is 1. The summed E-state index contributed by atoms with van der Waals surface area (Å²) in [6.07, 6.45) is 7.70. The first-order valence-electron chi connectivity index (χ1n) is 8.23. The topological polar surface area (TPSA) is 95.1 Å². The molecule has 0 saturated carbocycles. The zero-order valence-electron chi connectivity index (χ0n) is 14.3. The fourth-order valence-electron chi connectivity index (χ4n) is 2.40. The van der Waals surface area contributed by atoms with Crippen molar-refractivity contribution in [3.05, 3.63) is 30.2 Å². The lowest BCUT2D eigenvalue weighted by Gasteiger charge is -2.09. The third-order valence-corrected chi connectivity index (χ3v) is 3.64. The first kappa shape index (κ1) is 17.9. The number of carbonyl (C=O) groups is 1. The molecule has 1 amide bonds. The quantitative estimate of drug-likeness (QED) is 0.689. The molecular weight excluding hydrogens is 306 g/mol. The molecule has 7 nitrogen and oxygen atoms in total. The van der Waals surface area contributed by atoms with E-state index >= 15 is 0 Å². The van der Waals surface area contributed by atoms with Gasteiger partial charge in [-0.1, -0.05) is 12.8 Å². The number of pyridine rings is 1. The maximum atomic E-state index is 12.2. The van der Waals surface area contributed by atoms with E-state index in [1.165, 1.54) is 0 Å². The third-order valence-electron chi connectivity index (χ3n) is 3.64. The number of aryl methyl sites for hydroxylation is 2. The van der Waals surface area contributed by atoms with Gasteiger partial charge in [0.15, 0.2) is 0 Å². The van der Waals surface area contributed by atoms with Crippen molar-refractivity contribution in [1.82, 2.24) is 14.8 Å². The molecular formula is C17H25N5O2. The van der Waals surface area contributed by atoms with Gasteiger partial charge in [0.2, 0.25) is 11.8 Å². The zero-order chi connectivity index (χ0) is 17.4. The fourth-order valence-corrected chi connectivity index (χ4v) is 2.40. The van der Waals surface area contributed by atoms with Gasteiger partial charge in [0, 0.05) is 19.7 Å². The molecule has 0 bridgehead atoms. The maximum Gasteiger partial charge on any atom is 0.241 e. The Balaban J connectivity index is 1.98. The standard InChI is InChI=1S/C17H25N5O2/c1-13-16(20-15(23)9-5-3-4-6-10-18)17(22(2)21-13)24-14-8-7-11-19-12-14/h7-8,11-12H,3-6,9-10,18H2,1-2H3,(H,20,23). The predicted molar refractivity (Wildman–Crippen MR) is 93.0 cm³/mol. The number of unbranched alkanes of at least 4 members (excludes halogenated alkanes) is 3. The number of carbonyl (C=O) groups excluding carboxylic acids is 1. The van der Waals surface area contributed by atoms with Crippen LogP contribution in [0.3, 0.4) is 0 Å². The first-order valence-corrected chi connectivity index (χ1v) is 8.23. The number of hydrogen-bond acceptors (Lipinski definition) is 5. The highest BCUT2D eigenvalue weighted by Crippen LogP contribution is 2.31. The van der Waals surface area contributed by atoms with Crippen molar-refractivity contribution < 1.29 is 9.53 Å². The molecule has 130 valence electrons. The largest absolute Gasteiger partial charge is 0.436 e. The first-order chi connectivity index (χ1) is 11.6. The third kappa shape index (κ3) is 5.06. The van der Waals surface area contributed by atoms with Crippen molar-refractivity contribution >= 4 is 11.6 Å². The van der Waals surface area contributed by atoms with Gasteiger partial charge in [-0.05, 0) is 38.4 Å². The molecule has 7 heteroatoms. The van der Waals surface area contributed by atoms with Crippen molar-refractivity contribution in [1.29, 1.82) is 0 Å². The molecule has 0 atom stereocenters. The molecule has 24 heavy (non-hydrogen) atoms. The van der Waals surface area contributed by atoms with Crippen LogP contribution in [0.2, 0.25) is 0 Å². The zero-order valence-corrected chi connectivity index (χ0v) is 14.3. The van der Waals surface area contributed by atoms with Crippen LogP contribution in [0.1, 0.15) is 37.8 Å². The normalized spacial score (nSPS) is 10.6. The average Bonchev–Trinajstić information content (AvgIpc) is 2.82. The van der Waals surface area contributed by atoms with Crippen LogP contribution in [0, 0.1) is 6.92 Å². The van der Waals surface area contributed by atoms with Gasteiger partial charge in [-0.15, -0.1) is 0 Å². The minimum atomic E-state index is -0.0325. The lowest BCUT2D eigenvalue weighted by atomic mass is 10.1. The lowest BCUT2D eigenvalue weighted by Crippen LogP contribution is -2.12. The van der Waals surface area contributed by atoms with Crippen molar-refractivity contribution in [2.75, 3.05) is 11.9 Å². The molecule has 0 aromatic carbocycles. The van der Waals surface area contributed by atoms with Crippen LogP contribution in [0.25, 0.3) is 0 Å². The van der Waals surface area contributed by atoms with Gasteiger partial charge in [-0.25, -0.2) is 4.68 Å². The van der Waals surface area contributed by atoms with E-state index in [2.05, 4.69) is 15.4 Å². The lowest BCUT2D eigenvalue weighted by molar-refractivity contribution is -0.116. The highest BCUT2D eigenvalue weighted by atomic mass is 16.5. The molecule has 2 rings (SSSR count).